The maximum Gasteiger partial charge on any atom is 0.262 e. The first-order chi connectivity index (χ1) is 17.0. The molecule has 8 nitrogen and oxygen atoms in total. The van der Waals surface area contributed by atoms with Crippen molar-refractivity contribution in [1.82, 2.24) is 14.9 Å². The molecule has 1 amide bonds. The Morgan fingerprint density at radius 1 is 1.20 bits per heavy atom. The van der Waals surface area contributed by atoms with E-state index in [1.807, 2.05) is 19.1 Å². The van der Waals surface area contributed by atoms with Gasteiger partial charge in [0.2, 0.25) is 0 Å². The van der Waals surface area contributed by atoms with Gasteiger partial charge in [-0.2, -0.15) is 0 Å². The monoisotopic (exact) mass is 495 g/mol. The van der Waals surface area contributed by atoms with Gasteiger partial charge in [-0.15, -0.1) is 0 Å². The quantitative estimate of drug-likeness (QED) is 0.200. The topological polar surface area (TPSA) is 99.5 Å². The van der Waals surface area contributed by atoms with E-state index >= 15 is 0 Å². The highest BCUT2D eigenvalue weighted by atomic mass is 32.2. The third-order valence-corrected chi connectivity index (χ3v) is 6.87. The molecule has 1 N–H and O–H groups in total. The summed E-state index contributed by atoms with van der Waals surface area (Å²) in [6, 6.07) is 12.3. The van der Waals surface area contributed by atoms with Gasteiger partial charge in [0.1, 0.15) is 0 Å². The Hall–Kier alpha value is -3.01. The van der Waals surface area contributed by atoms with Crippen LogP contribution in [0.2, 0.25) is 0 Å². The standard InChI is InChI=1S/C26H29N3O5S/c1-17-5-7-18(8-6-17)23(30)16-35-26-28-22-14-19(24(31)27-11-13-33-2)9-10-21(22)25(32)29(26)15-20-4-3-12-34-20/h5-10,14,20H,3-4,11-13,15-16H2,1-2H3,(H,27,31)/t20-/m1/s1. The minimum absolute atomic E-state index is 0.0423. The minimum Gasteiger partial charge on any atom is -0.383 e. The van der Waals surface area contributed by atoms with Gasteiger partial charge in [-0.25, -0.2) is 4.98 Å². The van der Waals surface area contributed by atoms with Gasteiger partial charge >= 0.3 is 0 Å². The number of benzene rings is 2. The first-order valence-corrected chi connectivity index (χ1v) is 12.6. The Morgan fingerprint density at radius 3 is 2.69 bits per heavy atom. The van der Waals surface area contributed by atoms with Crippen LogP contribution in [0.4, 0.5) is 0 Å². The van der Waals surface area contributed by atoms with Gasteiger partial charge in [0.15, 0.2) is 10.9 Å². The smallest absolute Gasteiger partial charge is 0.262 e. The number of fused-ring (bicyclic) bond motifs is 1. The highest BCUT2D eigenvalue weighted by molar-refractivity contribution is 7.99. The third kappa shape index (κ3) is 6.17. The van der Waals surface area contributed by atoms with Crippen LogP contribution < -0.4 is 10.9 Å². The van der Waals surface area contributed by atoms with Crippen molar-refractivity contribution < 1.29 is 19.1 Å². The van der Waals surface area contributed by atoms with E-state index in [1.165, 1.54) is 11.8 Å². The molecule has 35 heavy (non-hydrogen) atoms. The van der Waals surface area contributed by atoms with E-state index in [2.05, 4.69) is 5.32 Å². The summed E-state index contributed by atoms with van der Waals surface area (Å²) < 4.78 is 12.3. The number of carbonyl (C=O) groups excluding carboxylic acids is 2. The van der Waals surface area contributed by atoms with Crippen LogP contribution in [0.15, 0.2) is 52.4 Å². The molecule has 0 radical (unpaired) electrons. The summed E-state index contributed by atoms with van der Waals surface area (Å²) in [7, 11) is 1.57. The van der Waals surface area contributed by atoms with Crippen molar-refractivity contribution in [3.05, 3.63) is 69.5 Å². The van der Waals surface area contributed by atoms with Crippen molar-refractivity contribution in [3.63, 3.8) is 0 Å². The minimum atomic E-state index is -0.266. The largest absolute Gasteiger partial charge is 0.383 e. The maximum absolute atomic E-state index is 13.4. The Labute approximate surface area is 208 Å². The number of aryl methyl sites for hydroxylation is 1. The van der Waals surface area contributed by atoms with Gasteiger partial charge in [0.05, 0.1) is 35.9 Å². The molecule has 3 aromatic rings. The third-order valence-electron chi connectivity index (χ3n) is 5.89. The molecule has 0 bridgehead atoms. The summed E-state index contributed by atoms with van der Waals surface area (Å²) >= 11 is 1.23. The molecule has 9 heteroatoms. The lowest BCUT2D eigenvalue weighted by Crippen LogP contribution is -2.29. The number of carbonyl (C=O) groups is 2. The van der Waals surface area contributed by atoms with Gasteiger partial charge in [0.25, 0.3) is 11.5 Å². The number of Topliss-reactive ketones (excluding diaryl/α,β-unsaturated/α-hetero) is 1. The van der Waals surface area contributed by atoms with Crippen molar-refractivity contribution in [3.8, 4) is 0 Å². The van der Waals surface area contributed by atoms with E-state index in [0.29, 0.717) is 53.5 Å². The molecule has 4 rings (SSSR count). The molecule has 1 fully saturated rings. The average molecular weight is 496 g/mol. The first-order valence-electron chi connectivity index (χ1n) is 11.6. The number of hydrogen-bond acceptors (Lipinski definition) is 7. The lowest BCUT2D eigenvalue weighted by molar-refractivity contribution is 0.0935. The molecule has 1 aliphatic heterocycles. The second-order valence-electron chi connectivity index (χ2n) is 8.50. The summed E-state index contributed by atoms with van der Waals surface area (Å²) in [5, 5.41) is 3.64. The molecule has 1 atom stereocenters. The predicted molar refractivity (Wildman–Crippen MR) is 135 cm³/mol. The van der Waals surface area contributed by atoms with E-state index in [1.54, 1.807) is 42.0 Å². The van der Waals surface area contributed by atoms with Crippen molar-refractivity contribution in [2.24, 2.45) is 0 Å². The van der Waals surface area contributed by atoms with Crippen LogP contribution in [0.3, 0.4) is 0 Å². The number of aromatic nitrogens is 2. The Morgan fingerprint density at radius 2 is 1.97 bits per heavy atom. The molecule has 0 spiro atoms. The molecule has 0 aliphatic carbocycles. The average Bonchev–Trinajstić information content (AvgIpc) is 3.38. The fourth-order valence-corrected chi connectivity index (χ4v) is 4.83. The molecule has 2 aromatic carbocycles. The normalized spacial score (nSPS) is 15.4. The number of thioether (sulfide) groups is 1. The van der Waals surface area contributed by atoms with E-state index in [0.717, 1.165) is 18.4 Å². The zero-order valence-corrected chi connectivity index (χ0v) is 20.7. The molecule has 0 unspecified atom stereocenters. The first kappa shape index (κ1) is 25.1. The molecule has 1 aliphatic rings. The number of methoxy groups -OCH3 is 1. The Bertz CT molecular complexity index is 1270. The van der Waals surface area contributed by atoms with E-state index in [-0.39, 0.29) is 29.1 Å². The molecule has 1 saturated heterocycles. The van der Waals surface area contributed by atoms with Crippen LogP contribution >= 0.6 is 11.8 Å². The SMILES string of the molecule is COCCNC(=O)c1ccc2c(=O)n(C[C@H]3CCCO3)c(SCC(=O)c3ccc(C)cc3)nc2c1. The fourth-order valence-electron chi connectivity index (χ4n) is 3.93. The summed E-state index contributed by atoms with van der Waals surface area (Å²) in [5.41, 5.74) is 2.32. The van der Waals surface area contributed by atoms with E-state index in [4.69, 9.17) is 14.5 Å². The Kier molecular flexibility index (Phi) is 8.33. The summed E-state index contributed by atoms with van der Waals surface area (Å²) in [4.78, 5) is 43.4. The zero-order valence-electron chi connectivity index (χ0n) is 19.9. The number of nitrogens with one attached hydrogen (secondary N) is 1. The van der Waals surface area contributed by atoms with Crippen molar-refractivity contribution in [1.29, 1.82) is 0 Å². The van der Waals surface area contributed by atoms with Gasteiger partial charge in [-0.1, -0.05) is 41.6 Å². The van der Waals surface area contributed by atoms with Crippen molar-refractivity contribution >= 4 is 34.4 Å². The number of rotatable bonds is 10. The number of amides is 1. The molecular formula is C26H29N3O5S. The van der Waals surface area contributed by atoms with Gasteiger partial charge < -0.3 is 14.8 Å². The van der Waals surface area contributed by atoms with Crippen molar-refractivity contribution in [2.75, 3.05) is 32.6 Å². The van der Waals surface area contributed by atoms with Crippen LogP contribution in [0, 0.1) is 6.92 Å². The lowest BCUT2D eigenvalue weighted by atomic mass is 10.1. The van der Waals surface area contributed by atoms with Crippen LogP contribution in [0.25, 0.3) is 10.9 Å². The van der Waals surface area contributed by atoms with Crippen LogP contribution in [0.5, 0.6) is 0 Å². The molecule has 0 saturated carbocycles. The number of nitrogens with zero attached hydrogens (tertiary/aromatic N) is 2. The summed E-state index contributed by atoms with van der Waals surface area (Å²) in [6.07, 6.45) is 1.76. The van der Waals surface area contributed by atoms with E-state index < -0.39 is 0 Å². The van der Waals surface area contributed by atoms with Crippen molar-refractivity contribution in [2.45, 2.75) is 37.6 Å². The molecular weight excluding hydrogens is 466 g/mol. The van der Waals surface area contributed by atoms with Crippen LogP contribution in [-0.2, 0) is 16.0 Å². The second-order valence-corrected chi connectivity index (χ2v) is 9.45. The number of hydrogen-bond donors (Lipinski definition) is 1. The van der Waals surface area contributed by atoms with E-state index in [9.17, 15) is 14.4 Å². The summed E-state index contributed by atoms with van der Waals surface area (Å²) in [6.45, 7) is 3.81. The molecule has 2 heterocycles. The highest BCUT2D eigenvalue weighted by Gasteiger charge is 2.21. The van der Waals surface area contributed by atoms with Crippen LogP contribution in [-0.4, -0.2) is 60.0 Å². The Balaban J connectivity index is 1.64. The fraction of sp³-hybridized carbons (Fsp3) is 0.385. The van der Waals surface area contributed by atoms with Gasteiger partial charge in [-0.05, 0) is 38.0 Å². The number of ether oxygens (including phenoxy) is 2. The number of ketones is 1. The van der Waals surface area contributed by atoms with Gasteiger partial charge in [-0.3, -0.25) is 19.0 Å². The maximum atomic E-state index is 13.4. The summed E-state index contributed by atoms with van der Waals surface area (Å²) in [5.74, 6) is -0.165. The molecule has 1 aromatic heterocycles. The molecule has 184 valence electrons. The lowest BCUT2D eigenvalue weighted by Gasteiger charge is -2.16. The predicted octanol–water partition coefficient (Wildman–Crippen LogP) is 3.24. The second kappa shape index (κ2) is 11.6. The zero-order chi connectivity index (χ0) is 24.8. The highest BCUT2D eigenvalue weighted by Crippen LogP contribution is 2.23. The van der Waals surface area contributed by atoms with Gasteiger partial charge in [0, 0.05) is 31.4 Å². The van der Waals surface area contributed by atoms with Crippen LogP contribution in [0.1, 0.15) is 39.1 Å².